The molecule has 7 heteroatoms. The highest BCUT2D eigenvalue weighted by Gasteiger charge is 2.07. The number of ether oxygens (including phenoxy) is 1. The molecule has 1 N–H and O–H groups in total. The van der Waals surface area contributed by atoms with Gasteiger partial charge in [0.1, 0.15) is 12.1 Å². The van der Waals surface area contributed by atoms with E-state index in [9.17, 15) is 4.79 Å². The lowest BCUT2D eigenvalue weighted by Crippen LogP contribution is -2.20. The molecule has 0 saturated carbocycles. The minimum atomic E-state index is -0.214. The average molecular weight is 351 g/mol. The van der Waals surface area contributed by atoms with Gasteiger partial charge in [-0.1, -0.05) is 32.0 Å². The highest BCUT2D eigenvalue weighted by atomic mass is 16.5. The van der Waals surface area contributed by atoms with Crippen LogP contribution in [0, 0.1) is 0 Å². The van der Waals surface area contributed by atoms with Gasteiger partial charge in [-0.05, 0) is 52.6 Å². The number of nitrogens with zero attached hydrogens (tertiary/aromatic N) is 4. The van der Waals surface area contributed by atoms with E-state index in [0.29, 0.717) is 11.7 Å². The van der Waals surface area contributed by atoms with E-state index in [1.807, 2.05) is 36.4 Å². The van der Waals surface area contributed by atoms with Crippen molar-refractivity contribution < 1.29 is 9.53 Å². The number of anilines is 1. The number of benzene rings is 2. The van der Waals surface area contributed by atoms with E-state index in [0.717, 1.165) is 17.8 Å². The molecule has 134 valence electrons. The molecule has 26 heavy (non-hydrogen) atoms. The van der Waals surface area contributed by atoms with E-state index in [-0.39, 0.29) is 12.5 Å². The maximum Gasteiger partial charge on any atom is 0.262 e. The monoisotopic (exact) mass is 351 g/mol. The van der Waals surface area contributed by atoms with Gasteiger partial charge in [0, 0.05) is 11.8 Å². The summed E-state index contributed by atoms with van der Waals surface area (Å²) < 4.78 is 7.08. The molecule has 0 aliphatic heterocycles. The molecule has 0 fully saturated rings. The van der Waals surface area contributed by atoms with Crippen molar-refractivity contribution in [1.82, 2.24) is 20.2 Å². The van der Waals surface area contributed by atoms with E-state index in [1.54, 1.807) is 12.1 Å². The summed E-state index contributed by atoms with van der Waals surface area (Å²) in [5, 5.41) is 13.9. The maximum atomic E-state index is 12.1. The lowest BCUT2D eigenvalue weighted by atomic mass is 9.99. The van der Waals surface area contributed by atoms with Crippen LogP contribution in [0.3, 0.4) is 0 Å². The predicted octanol–water partition coefficient (Wildman–Crippen LogP) is 3.19. The number of rotatable bonds is 7. The number of amides is 1. The summed E-state index contributed by atoms with van der Waals surface area (Å²) in [7, 11) is 0. The molecule has 0 aliphatic rings. The van der Waals surface area contributed by atoms with E-state index in [4.69, 9.17) is 4.74 Å². The van der Waals surface area contributed by atoms with Gasteiger partial charge in [0.05, 0.1) is 5.69 Å². The molecule has 0 saturated heterocycles. The fourth-order valence-electron chi connectivity index (χ4n) is 2.47. The third-order valence-corrected chi connectivity index (χ3v) is 4.18. The fraction of sp³-hybridized carbons (Fsp3) is 0.263. The number of tetrazole rings is 1. The van der Waals surface area contributed by atoms with E-state index < -0.39 is 0 Å². The van der Waals surface area contributed by atoms with Crippen LogP contribution in [0.25, 0.3) is 5.69 Å². The van der Waals surface area contributed by atoms with Gasteiger partial charge in [0.25, 0.3) is 5.91 Å². The number of carbonyl (C=O) groups excluding carboxylic acids is 1. The van der Waals surface area contributed by atoms with E-state index in [2.05, 4.69) is 34.7 Å². The zero-order valence-corrected chi connectivity index (χ0v) is 14.8. The first-order chi connectivity index (χ1) is 12.7. The molecule has 0 bridgehead atoms. The number of aromatic nitrogens is 4. The van der Waals surface area contributed by atoms with Crippen molar-refractivity contribution in [3.05, 3.63) is 60.4 Å². The van der Waals surface area contributed by atoms with Gasteiger partial charge in [0.2, 0.25) is 0 Å². The van der Waals surface area contributed by atoms with Crippen molar-refractivity contribution >= 4 is 11.6 Å². The Kier molecular flexibility index (Phi) is 5.58. The van der Waals surface area contributed by atoms with Gasteiger partial charge in [0.15, 0.2) is 6.61 Å². The Morgan fingerprint density at radius 3 is 2.73 bits per heavy atom. The first-order valence-electron chi connectivity index (χ1n) is 8.51. The van der Waals surface area contributed by atoms with Crippen molar-refractivity contribution in [3.63, 3.8) is 0 Å². The fourth-order valence-corrected chi connectivity index (χ4v) is 2.47. The van der Waals surface area contributed by atoms with Crippen molar-refractivity contribution in [2.24, 2.45) is 0 Å². The third kappa shape index (κ3) is 4.44. The molecule has 2 aromatic carbocycles. The lowest BCUT2D eigenvalue weighted by Gasteiger charge is -2.11. The second-order valence-corrected chi connectivity index (χ2v) is 6.02. The minimum absolute atomic E-state index is 0.0772. The number of hydrogen-bond donors (Lipinski definition) is 1. The smallest absolute Gasteiger partial charge is 0.262 e. The second kappa shape index (κ2) is 8.24. The Bertz CT molecular complexity index is 847. The largest absolute Gasteiger partial charge is 0.484 e. The van der Waals surface area contributed by atoms with Crippen molar-refractivity contribution in [1.29, 1.82) is 0 Å². The van der Waals surface area contributed by atoms with Crippen LogP contribution in [-0.2, 0) is 4.79 Å². The van der Waals surface area contributed by atoms with E-state index in [1.165, 1.54) is 16.6 Å². The summed E-state index contributed by atoms with van der Waals surface area (Å²) in [6.45, 7) is 4.27. The van der Waals surface area contributed by atoms with E-state index >= 15 is 0 Å². The second-order valence-electron chi connectivity index (χ2n) is 6.02. The molecule has 1 aromatic heterocycles. The van der Waals surface area contributed by atoms with Crippen molar-refractivity contribution in [2.75, 3.05) is 11.9 Å². The van der Waals surface area contributed by atoms with Crippen molar-refractivity contribution in [3.8, 4) is 11.4 Å². The first kappa shape index (κ1) is 17.6. The molecule has 7 nitrogen and oxygen atoms in total. The lowest BCUT2D eigenvalue weighted by molar-refractivity contribution is -0.118. The van der Waals surface area contributed by atoms with Crippen LogP contribution < -0.4 is 10.1 Å². The Morgan fingerprint density at radius 1 is 1.23 bits per heavy atom. The zero-order chi connectivity index (χ0) is 18.4. The third-order valence-electron chi connectivity index (χ3n) is 4.18. The summed E-state index contributed by atoms with van der Waals surface area (Å²) in [5.41, 5.74) is 2.78. The predicted molar refractivity (Wildman–Crippen MR) is 98.4 cm³/mol. The molecule has 1 heterocycles. The Balaban J connectivity index is 1.55. The number of hydrogen-bond acceptors (Lipinski definition) is 5. The summed E-state index contributed by atoms with van der Waals surface area (Å²) >= 11 is 0. The molecule has 0 radical (unpaired) electrons. The molecule has 0 spiro atoms. The van der Waals surface area contributed by atoms with Crippen LogP contribution >= 0.6 is 0 Å². The average Bonchev–Trinajstić information content (AvgIpc) is 3.21. The molecule has 1 atom stereocenters. The molecule has 3 rings (SSSR count). The van der Waals surface area contributed by atoms with Gasteiger partial charge < -0.3 is 10.1 Å². The Morgan fingerprint density at radius 2 is 2.04 bits per heavy atom. The highest BCUT2D eigenvalue weighted by Crippen LogP contribution is 2.20. The van der Waals surface area contributed by atoms with Gasteiger partial charge in [-0.3, -0.25) is 4.79 Å². The van der Waals surface area contributed by atoms with Crippen LogP contribution in [0.2, 0.25) is 0 Å². The summed E-state index contributed by atoms with van der Waals surface area (Å²) in [6.07, 6.45) is 2.58. The van der Waals surface area contributed by atoms with Crippen LogP contribution in [0.5, 0.6) is 5.75 Å². The zero-order valence-electron chi connectivity index (χ0n) is 14.8. The molecular formula is C19H21N5O2. The van der Waals surface area contributed by atoms with Crippen LogP contribution in [0.15, 0.2) is 54.9 Å². The topological polar surface area (TPSA) is 81.9 Å². The number of nitrogens with one attached hydrogen (secondary N) is 1. The summed E-state index contributed by atoms with van der Waals surface area (Å²) in [4.78, 5) is 12.1. The van der Waals surface area contributed by atoms with Gasteiger partial charge >= 0.3 is 0 Å². The molecule has 3 aromatic rings. The summed E-state index contributed by atoms with van der Waals surface area (Å²) in [5.74, 6) is 0.866. The molecular weight excluding hydrogens is 330 g/mol. The first-order valence-corrected chi connectivity index (χ1v) is 8.51. The maximum absolute atomic E-state index is 12.1. The highest BCUT2D eigenvalue weighted by molar-refractivity contribution is 5.91. The Hall–Kier alpha value is -3.22. The van der Waals surface area contributed by atoms with Crippen LogP contribution in [-0.4, -0.2) is 32.7 Å². The normalized spacial score (nSPS) is 11.8. The van der Waals surface area contributed by atoms with Gasteiger partial charge in [-0.15, -0.1) is 5.10 Å². The van der Waals surface area contributed by atoms with Gasteiger partial charge in [-0.2, -0.15) is 0 Å². The van der Waals surface area contributed by atoms with Crippen LogP contribution in [0.1, 0.15) is 31.7 Å². The SMILES string of the molecule is CC[C@H](C)c1ccc(NC(=O)COc2cccc(-n3cnnn3)c2)cc1. The molecule has 0 unspecified atom stereocenters. The van der Waals surface area contributed by atoms with Crippen molar-refractivity contribution in [2.45, 2.75) is 26.2 Å². The number of carbonyl (C=O) groups is 1. The van der Waals surface area contributed by atoms with Gasteiger partial charge in [-0.25, -0.2) is 4.68 Å². The summed E-state index contributed by atoms with van der Waals surface area (Å²) in [6, 6.07) is 15.1. The van der Waals surface area contributed by atoms with Crippen LogP contribution in [0.4, 0.5) is 5.69 Å². The molecule has 0 aliphatic carbocycles. The standard InChI is InChI=1S/C19H21N5O2/c1-3-14(2)15-7-9-16(10-8-15)21-19(25)12-26-18-6-4-5-17(11-18)24-13-20-22-23-24/h4-11,13-14H,3,12H2,1-2H3,(H,21,25)/t14-/m0/s1. The minimum Gasteiger partial charge on any atom is -0.484 e. The Labute approximate surface area is 152 Å². The molecule has 1 amide bonds. The quantitative estimate of drug-likeness (QED) is 0.707.